The molecule has 0 atom stereocenters. The van der Waals surface area contributed by atoms with Crippen LogP contribution in [0.15, 0.2) is 58.3 Å². The summed E-state index contributed by atoms with van der Waals surface area (Å²) in [6.07, 6.45) is 9.55. The number of rotatable bonds is 12. The van der Waals surface area contributed by atoms with Crippen LogP contribution in [0.1, 0.15) is 59.3 Å². The molecule has 0 saturated carbocycles. The van der Waals surface area contributed by atoms with E-state index in [2.05, 4.69) is 24.8 Å². The van der Waals surface area contributed by atoms with Gasteiger partial charge in [-0.15, -0.1) is 23.5 Å². The van der Waals surface area contributed by atoms with Crippen LogP contribution in [0.4, 0.5) is 20.2 Å². The van der Waals surface area contributed by atoms with E-state index in [-0.39, 0.29) is 17.8 Å². The first kappa shape index (κ1) is 29.4. The van der Waals surface area contributed by atoms with Gasteiger partial charge in [-0.2, -0.15) is 4.39 Å². The van der Waals surface area contributed by atoms with Crippen LogP contribution < -0.4 is 9.64 Å². The molecule has 0 N–H and O–H groups in total. The number of nitrogens with zero attached hydrogens (tertiary/aromatic N) is 1. The fraction of sp³-hybridized carbons (Fsp3) is 0.483. The van der Waals surface area contributed by atoms with Gasteiger partial charge in [0.1, 0.15) is 17.8 Å². The molecule has 0 bridgehead atoms. The number of unbranched alkanes of at least 4 members (excludes halogenated alkanes) is 2. The number of carbonyl (C=O) groups excluding carboxylic acids is 1. The molecule has 1 aliphatic rings. The van der Waals surface area contributed by atoms with Crippen molar-refractivity contribution in [2.24, 2.45) is 5.41 Å². The number of halogens is 2. The third-order valence-corrected chi connectivity index (χ3v) is 8.74. The molecule has 37 heavy (non-hydrogen) atoms. The summed E-state index contributed by atoms with van der Waals surface area (Å²) in [5.74, 6) is -0.964. The lowest BCUT2D eigenvalue weighted by Gasteiger charge is -2.37. The molecule has 8 heteroatoms. The highest BCUT2D eigenvalue weighted by Gasteiger charge is 2.36. The quantitative estimate of drug-likeness (QED) is 0.114. The van der Waals surface area contributed by atoms with Gasteiger partial charge in [-0.1, -0.05) is 39.5 Å². The molecule has 0 aromatic heterocycles. The maximum absolute atomic E-state index is 14.2. The van der Waals surface area contributed by atoms with E-state index in [0.29, 0.717) is 5.75 Å². The van der Waals surface area contributed by atoms with Crippen LogP contribution in [0.25, 0.3) is 0 Å². The van der Waals surface area contributed by atoms with Crippen molar-refractivity contribution >= 4 is 40.9 Å². The smallest absolute Gasteiger partial charge is 0.370 e. The van der Waals surface area contributed by atoms with E-state index < -0.39 is 11.8 Å². The zero-order chi connectivity index (χ0) is 26.8. The van der Waals surface area contributed by atoms with Crippen molar-refractivity contribution in [3.05, 3.63) is 54.3 Å². The zero-order valence-electron chi connectivity index (χ0n) is 22.1. The van der Waals surface area contributed by atoms with Crippen LogP contribution >= 0.6 is 23.5 Å². The highest BCUT2D eigenvalue weighted by Crippen LogP contribution is 2.50. The topological polar surface area (TPSA) is 38.8 Å². The molecule has 0 fully saturated rings. The number of ether oxygens (including phenoxy) is 2. The second-order valence-corrected chi connectivity index (χ2v) is 11.2. The summed E-state index contributed by atoms with van der Waals surface area (Å²) in [4.78, 5) is 15.8. The minimum absolute atomic E-state index is 0.0860. The van der Waals surface area contributed by atoms with E-state index in [0.717, 1.165) is 78.3 Å². The first-order valence-corrected chi connectivity index (χ1v) is 15.1. The minimum Gasteiger partial charge on any atom is -0.461 e. The summed E-state index contributed by atoms with van der Waals surface area (Å²) in [5.41, 5.74) is 2.06. The maximum Gasteiger partial charge on any atom is 0.370 e. The molecule has 202 valence electrons. The van der Waals surface area contributed by atoms with Gasteiger partial charge in [0.25, 0.3) is 0 Å². The van der Waals surface area contributed by atoms with E-state index >= 15 is 0 Å². The summed E-state index contributed by atoms with van der Waals surface area (Å²) < 4.78 is 38.4. The second-order valence-electron chi connectivity index (χ2n) is 9.33. The van der Waals surface area contributed by atoms with E-state index in [1.807, 2.05) is 24.5 Å². The Morgan fingerprint density at radius 3 is 2.41 bits per heavy atom. The average molecular weight is 550 g/mol. The summed E-state index contributed by atoms with van der Waals surface area (Å²) in [6, 6.07) is 10.6. The third kappa shape index (κ3) is 7.66. The van der Waals surface area contributed by atoms with Crippen molar-refractivity contribution in [1.29, 1.82) is 0 Å². The molecule has 0 amide bonds. The third-order valence-electron chi connectivity index (χ3n) is 6.58. The summed E-state index contributed by atoms with van der Waals surface area (Å²) in [5, 5.41) is 0. The number of fused-ring (bicyclic) bond motifs is 1. The Bertz CT molecular complexity index is 1070. The van der Waals surface area contributed by atoms with Gasteiger partial charge >= 0.3 is 5.97 Å². The highest BCUT2D eigenvalue weighted by molar-refractivity contribution is 7.99. The number of hydrogen-bond acceptors (Lipinski definition) is 6. The van der Waals surface area contributed by atoms with Gasteiger partial charge < -0.3 is 14.4 Å². The van der Waals surface area contributed by atoms with Crippen LogP contribution in [0.2, 0.25) is 0 Å². The molecule has 0 spiro atoms. The summed E-state index contributed by atoms with van der Waals surface area (Å²) >= 11 is 3.27. The van der Waals surface area contributed by atoms with E-state index in [9.17, 15) is 13.6 Å². The Labute approximate surface area is 228 Å². The number of carbonyl (C=O) groups is 1. The maximum atomic E-state index is 14.2. The van der Waals surface area contributed by atoms with Gasteiger partial charge in [-0.05, 0) is 67.8 Å². The molecule has 2 aromatic rings. The van der Waals surface area contributed by atoms with Gasteiger partial charge in [-0.3, -0.25) is 0 Å². The molecule has 0 saturated heterocycles. The van der Waals surface area contributed by atoms with E-state index in [4.69, 9.17) is 9.47 Å². The average Bonchev–Trinajstić information content (AvgIpc) is 3.06. The Morgan fingerprint density at radius 1 is 1.14 bits per heavy atom. The van der Waals surface area contributed by atoms with Crippen LogP contribution in [0.3, 0.4) is 0 Å². The molecule has 0 radical (unpaired) electrons. The van der Waals surface area contributed by atoms with E-state index in [1.54, 1.807) is 18.7 Å². The molecule has 1 heterocycles. The highest BCUT2D eigenvalue weighted by atomic mass is 32.2. The van der Waals surface area contributed by atoms with Crippen molar-refractivity contribution < 1.29 is 23.0 Å². The predicted octanol–water partition coefficient (Wildman–Crippen LogP) is 8.91. The second kappa shape index (κ2) is 14.1. The van der Waals surface area contributed by atoms with Crippen molar-refractivity contribution in [1.82, 2.24) is 0 Å². The van der Waals surface area contributed by atoms with Gasteiger partial charge in [0.2, 0.25) is 5.83 Å². The number of hydrogen-bond donors (Lipinski definition) is 0. The number of esters is 1. The molecule has 3 rings (SSSR count). The number of anilines is 2. The molecular weight excluding hydrogens is 512 g/mol. The summed E-state index contributed by atoms with van der Waals surface area (Å²) in [7, 11) is 0. The lowest BCUT2D eigenvalue weighted by molar-refractivity contribution is -0.140. The SMILES string of the molecule is CCCCC1(CCCC)CSc2cc(O/C=C(\F)C(=O)OCC)c(SC)cc2N(c2ccc(F)cc2)C1. The van der Waals surface area contributed by atoms with Gasteiger partial charge in [0.15, 0.2) is 0 Å². The first-order chi connectivity index (χ1) is 17.9. The van der Waals surface area contributed by atoms with Crippen LogP contribution in [0.5, 0.6) is 5.75 Å². The molecule has 0 unspecified atom stereocenters. The van der Waals surface area contributed by atoms with Crippen molar-refractivity contribution in [3.8, 4) is 5.75 Å². The van der Waals surface area contributed by atoms with Crippen LogP contribution in [0, 0.1) is 11.2 Å². The van der Waals surface area contributed by atoms with Crippen molar-refractivity contribution in [2.45, 2.75) is 69.1 Å². The lowest BCUT2D eigenvalue weighted by Crippen LogP contribution is -2.36. The Morgan fingerprint density at radius 2 is 1.81 bits per heavy atom. The van der Waals surface area contributed by atoms with Gasteiger partial charge in [0, 0.05) is 22.9 Å². The number of thioether (sulfide) groups is 2. The minimum atomic E-state index is -1.08. The molecular formula is C29H37F2NO3S2. The summed E-state index contributed by atoms with van der Waals surface area (Å²) in [6.45, 7) is 6.99. The molecule has 1 aliphatic heterocycles. The Balaban J connectivity index is 2.06. The molecule has 0 aliphatic carbocycles. The normalized spacial score (nSPS) is 15.2. The largest absolute Gasteiger partial charge is 0.461 e. The standard InChI is InChI=1S/C29H37F2NO3S2/c1-5-8-14-29(15-9-6-2)19-32(22-12-10-21(30)11-13-22)24-16-27(36-4)25(17-26(24)37-20-29)35-18-23(31)28(33)34-7-3/h10-13,16-18H,5-9,14-15,19-20H2,1-4H3/b23-18-. The van der Waals surface area contributed by atoms with E-state index in [1.165, 1.54) is 23.9 Å². The Kier molecular flexibility index (Phi) is 11.2. The Hall–Kier alpha value is -2.19. The van der Waals surface area contributed by atoms with Crippen molar-refractivity contribution in [3.63, 3.8) is 0 Å². The monoisotopic (exact) mass is 549 g/mol. The van der Waals surface area contributed by atoms with Crippen molar-refractivity contribution in [2.75, 3.05) is 30.1 Å². The van der Waals surface area contributed by atoms with Crippen LogP contribution in [-0.4, -0.2) is 31.1 Å². The van der Waals surface area contributed by atoms with Crippen LogP contribution in [-0.2, 0) is 9.53 Å². The fourth-order valence-corrected chi connectivity index (χ4v) is 6.44. The molecule has 4 nitrogen and oxygen atoms in total. The van der Waals surface area contributed by atoms with Gasteiger partial charge in [-0.25, -0.2) is 9.18 Å². The van der Waals surface area contributed by atoms with Gasteiger partial charge in [0.05, 0.1) is 17.2 Å². The fourth-order valence-electron chi connectivity index (χ4n) is 4.55. The molecule has 2 aromatic carbocycles. The number of benzene rings is 2. The lowest BCUT2D eigenvalue weighted by atomic mass is 9.79. The zero-order valence-corrected chi connectivity index (χ0v) is 23.8. The predicted molar refractivity (Wildman–Crippen MR) is 150 cm³/mol. The first-order valence-electron chi connectivity index (χ1n) is 12.9.